The third-order valence-corrected chi connectivity index (χ3v) is 3.73. The Hall–Kier alpha value is -1.10. The van der Waals surface area contributed by atoms with Gasteiger partial charge in [-0.3, -0.25) is 4.90 Å². The first-order chi connectivity index (χ1) is 9.81. The Morgan fingerprint density at radius 2 is 2.30 bits per heavy atom. The number of benzene rings is 1. The minimum atomic E-state index is 0.693. The van der Waals surface area contributed by atoms with E-state index >= 15 is 0 Å². The van der Waals surface area contributed by atoms with Crippen molar-refractivity contribution in [1.82, 2.24) is 10.2 Å². The molecule has 4 heteroatoms. The molecule has 1 aromatic carbocycles. The molecule has 0 bridgehead atoms. The van der Waals surface area contributed by atoms with Gasteiger partial charge in [0.2, 0.25) is 0 Å². The van der Waals surface area contributed by atoms with E-state index in [-0.39, 0.29) is 0 Å². The summed E-state index contributed by atoms with van der Waals surface area (Å²) >= 11 is 0. The highest BCUT2D eigenvalue weighted by molar-refractivity contribution is 5.28. The van der Waals surface area contributed by atoms with Crippen molar-refractivity contribution in [3.63, 3.8) is 0 Å². The molecule has 1 aliphatic heterocycles. The molecule has 0 saturated carbocycles. The van der Waals surface area contributed by atoms with E-state index in [0.717, 1.165) is 45.1 Å². The number of likely N-dealkylation sites (tertiary alicyclic amines) is 1. The molecule has 2 rings (SSSR count). The fraction of sp³-hybridized carbons (Fsp3) is 0.625. The molecule has 1 unspecified atom stereocenters. The number of nitrogens with one attached hydrogen (secondary N) is 1. The lowest BCUT2D eigenvalue weighted by atomic mass is 10.1. The maximum absolute atomic E-state index is 5.85. The van der Waals surface area contributed by atoms with E-state index in [1.807, 2.05) is 19.2 Å². The maximum atomic E-state index is 5.85. The fourth-order valence-electron chi connectivity index (χ4n) is 2.73. The van der Waals surface area contributed by atoms with Crippen LogP contribution in [0.3, 0.4) is 0 Å². The van der Waals surface area contributed by atoms with Gasteiger partial charge in [0, 0.05) is 26.7 Å². The lowest BCUT2D eigenvalue weighted by molar-refractivity contribution is 0.150. The summed E-state index contributed by atoms with van der Waals surface area (Å²) in [6.07, 6.45) is 1.24. The highest BCUT2D eigenvalue weighted by Gasteiger charge is 2.21. The van der Waals surface area contributed by atoms with Gasteiger partial charge >= 0.3 is 0 Å². The van der Waals surface area contributed by atoms with E-state index in [2.05, 4.69) is 22.3 Å². The van der Waals surface area contributed by atoms with Gasteiger partial charge in [0.05, 0.1) is 6.61 Å². The van der Waals surface area contributed by atoms with Crippen molar-refractivity contribution in [3.8, 4) is 5.75 Å². The Balaban J connectivity index is 1.69. The molecule has 112 valence electrons. The minimum Gasteiger partial charge on any atom is -0.492 e. The van der Waals surface area contributed by atoms with E-state index < -0.39 is 0 Å². The summed E-state index contributed by atoms with van der Waals surface area (Å²) in [5.74, 6) is 1.66. The van der Waals surface area contributed by atoms with Gasteiger partial charge < -0.3 is 14.8 Å². The molecule has 1 aromatic rings. The van der Waals surface area contributed by atoms with Crippen LogP contribution < -0.4 is 10.1 Å². The van der Waals surface area contributed by atoms with Crippen molar-refractivity contribution < 1.29 is 9.47 Å². The normalized spacial score (nSPS) is 19.4. The fourth-order valence-corrected chi connectivity index (χ4v) is 2.73. The molecule has 1 N–H and O–H groups in total. The molecule has 0 spiro atoms. The standard InChI is InChI=1S/C16H26N2O2/c1-17-11-14-4-3-5-16(10-14)20-9-8-18-7-6-15(12-18)13-19-2/h3-5,10,15,17H,6-9,11-13H2,1-2H3. The summed E-state index contributed by atoms with van der Waals surface area (Å²) in [5.41, 5.74) is 1.26. The van der Waals surface area contributed by atoms with Gasteiger partial charge in [-0.2, -0.15) is 0 Å². The molecule has 0 radical (unpaired) electrons. The first kappa shape index (κ1) is 15.3. The van der Waals surface area contributed by atoms with E-state index in [1.54, 1.807) is 7.11 Å². The van der Waals surface area contributed by atoms with Crippen molar-refractivity contribution in [3.05, 3.63) is 29.8 Å². The van der Waals surface area contributed by atoms with Crippen LogP contribution in [0.25, 0.3) is 0 Å². The van der Waals surface area contributed by atoms with E-state index in [0.29, 0.717) is 5.92 Å². The molecule has 0 amide bonds. The second-order valence-electron chi connectivity index (χ2n) is 5.44. The summed E-state index contributed by atoms with van der Waals surface area (Å²) in [7, 11) is 3.74. The molecular formula is C16H26N2O2. The largest absolute Gasteiger partial charge is 0.492 e. The van der Waals surface area contributed by atoms with Crippen molar-refractivity contribution in [2.24, 2.45) is 5.92 Å². The first-order valence-corrected chi connectivity index (χ1v) is 7.39. The van der Waals surface area contributed by atoms with Crippen molar-refractivity contribution in [1.29, 1.82) is 0 Å². The predicted molar refractivity (Wildman–Crippen MR) is 81.1 cm³/mol. The highest BCUT2D eigenvalue weighted by atomic mass is 16.5. The van der Waals surface area contributed by atoms with Gasteiger partial charge in [-0.1, -0.05) is 12.1 Å². The zero-order valence-corrected chi connectivity index (χ0v) is 12.6. The lowest BCUT2D eigenvalue weighted by Gasteiger charge is -2.16. The second-order valence-corrected chi connectivity index (χ2v) is 5.44. The second kappa shape index (κ2) is 8.25. The molecule has 0 aromatic heterocycles. The molecule has 4 nitrogen and oxygen atoms in total. The van der Waals surface area contributed by atoms with E-state index in [1.165, 1.54) is 12.0 Å². The number of hydrogen-bond donors (Lipinski definition) is 1. The van der Waals surface area contributed by atoms with Crippen LogP contribution in [-0.2, 0) is 11.3 Å². The number of methoxy groups -OCH3 is 1. The smallest absolute Gasteiger partial charge is 0.119 e. The Morgan fingerprint density at radius 3 is 3.10 bits per heavy atom. The average Bonchev–Trinajstić information content (AvgIpc) is 2.88. The van der Waals surface area contributed by atoms with E-state index in [4.69, 9.17) is 9.47 Å². The number of nitrogens with zero attached hydrogens (tertiary/aromatic N) is 1. The van der Waals surface area contributed by atoms with Crippen LogP contribution in [0.2, 0.25) is 0 Å². The summed E-state index contributed by atoms with van der Waals surface area (Å²) < 4.78 is 11.1. The molecule has 0 aliphatic carbocycles. The van der Waals surface area contributed by atoms with Crippen molar-refractivity contribution in [2.75, 3.05) is 47.0 Å². The topological polar surface area (TPSA) is 33.7 Å². The van der Waals surface area contributed by atoms with E-state index in [9.17, 15) is 0 Å². The molecule has 1 aliphatic rings. The third-order valence-electron chi connectivity index (χ3n) is 3.73. The van der Waals surface area contributed by atoms with Crippen LogP contribution in [-0.4, -0.2) is 51.9 Å². The quantitative estimate of drug-likeness (QED) is 0.785. The van der Waals surface area contributed by atoms with Gasteiger partial charge in [0.25, 0.3) is 0 Å². The van der Waals surface area contributed by atoms with Crippen molar-refractivity contribution >= 4 is 0 Å². The van der Waals surface area contributed by atoms with Crippen LogP contribution in [0.5, 0.6) is 5.75 Å². The van der Waals surface area contributed by atoms with Crippen LogP contribution >= 0.6 is 0 Å². The Morgan fingerprint density at radius 1 is 1.40 bits per heavy atom. The van der Waals surface area contributed by atoms with Gasteiger partial charge in [0.1, 0.15) is 12.4 Å². The average molecular weight is 278 g/mol. The number of rotatable bonds is 8. The molecule has 1 fully saturated rings. The summed E-state index contributed by atoms with van der Waals surface area (Å²) in [5, 5.41) is 3.15. The first-order valence-electron chi connectivity index (χ1n) is 7.39. The summed E-state index contributed by atoms with van der Waals surface area (Å²) in [6.45, 7) is 5.80. The molecule has 1 heterocycles. The summed E-state index contributed by atoms with van der Waals surface area (Å²) in [4.78, 5) is 2.46. The third kappa shape index (κ3) is 4.78. The maximum Gasteiger partial charge on any atom is 0.119 e. The van der Waals surface area contributed by atoms with Gasteiger partial charge in [-0.05, 0) is 43.6 Å². The van der Waals surface area contributed by atoms with Crippen LogP contribution in [0.1, 0.15) is 12.0 Å². The summed E-state index contributed by atoms with van der Waals surface area (Å²) in [6, 6.07) is 8.29. The van der Waals surface area contributed by atoms with Crippen LogP contribution in [0.4, 0.5) is 0 Å². The SMILES string of the molecule is CNCc1cccc(OCCN2CCC(COC)C2)c1. The highest BCUT2D eigenvalue weighted by Crippen LogP contribution is 2.17. The lowest BCUT2D eigenvalue weighted by Crippen LogP contribution is -2.26. The van der Waals surface area contributed by atoms with Gasteiger partial charge in [0.15, 0.2) is 0 Å². The Kier molecular flexibility index (Phi) is 6.30. The number of ether oxygens (including phenoxy) is 2. The predicted octanol–water partition coefficient (Wildman–Crippen LogP) is 1.75. The number of hydrogen-bond acceptors (Lipinski definition) is 4. The zero-order valence-electron chi connectivity index (χ0n) is 12.6. The van der Waals surface area contributed by atoms with Gasteiger partial charge in [-0.25, -0.2) is 0 Å². The molecule has 1 saturated heterocycles. The zero-order chi connectivity index (χ0) is 14.2. The Labute approximate surface area is 122 Å². The molecule has 20 heavy (non-hydrogen) atoms. The van der Waals surface area contributed by atoms with Crippen molar-refractivity contribution in [2.45, 2.75) is 13.0 Å². The molecule has 1 atom stereocenters. The van der Waals surface area contributed by atoms with Crippen LogP contribution in [0.15, 0.2) is 24.3 Å². The minimum absolute atomic E-state index is 0.693. The molecular weight excluding hydrogens is 252 g/mol. The Bertz CT molecular complexity index is 398. The monoisotopic (exact) mass is 278 g/mol. The van der Waals surface area contributed by atoms with Crippen LogP contribution in [0, 0.1) is 5.92 Å². The van der Waals surface area contributed by atoms with Gasteiger partial charge in [-0.15, -0.1) is 0 Å².